The Hall–Kier alpha value is -3.40. The number of aromatic nitrogens is 2. The fraction of sp³-hybridized carbons (Fsp3) is 0.130. The molecule has 1 aromatic heterocycles. The van der Waals surface area contributed by atoms with E-state index in [4.69, 9.17) is 0 Å². The van der Waals surface area contributed by atoms with Crippen molar-refractivity contribution >= 4 is 22.6 Å². The Morgan fingerprint density at radius 2 is 1.81 bits per heavy atom. The van der Waals surface area contributed by atoms with Gasteiger partial charge in [-0.3, -0.25) is 4.79 Å². The molecule has 4 aromatic rings. The van der Waals surface area contributed by atoms with Gasteiger partial charge in [0.15, 0.2) is 0 Å². The van der Waals surface area contributed by atoms with Crippen molar-refractivity contribution < 1.29 is 4.79 Å². The van der Waals surface area contributed by atoms with E-state index < -0.39 is 0 Å². The number of aromatic amines is 1. The molecule has 0 saturated heterocycles. The molecule has 0 saturated carbocycles. The van der Waals surface area contributed by atoms with Crippen molar-refractivity contribution in [1.82, 2.24) is 9.97 Å². The van der Waals surface area contributed by atoms with E-state index in [2.05, 4.69) is 22.2 Å². The Morgan fingerprint density at radius 1 is 1.04 bits per heavy atom. The number of nitrogens with one attached hydrogen (secondary N) is 2. The van der Waals surface area contributed by atoms with Crippen LogP contribution in [0, 0.1) is 6.92 Å². The lowest BCUT2D eigenvalue weighted by Gasteiger charge is -2.10. The van der Waals surface area contributed by atoms with Crippen LogP contribution in [-0.2, 0) is 6.42 Å². The number of para-hydroxylation sites is 2. The fourth-order valence-corrected chi connectivity index (χ4v) is 3.08. The molecule has 0 radical (unpaired) electrons. The summed E-state index contributed by atoms with van der Waals surface area (Å²) < 4.78 is 0. The second kappa shape index (κ2) is 7.08. The Labute approximate surface area is 158 Å². The van der Waals surface area contributed by atoms with Crippen LogP contribution in [0.4, 0.5) is 5.69 Å². The number of anilines is 1. The van der Waals surface area contributed by atoms with Gasteiger partial charge in [-0.2, -0.15) is 0 Å². The largest absolute Gasteiger partial charge is 0.338 e. The van der Waals surface area contributed by atoms with Gasteiger partial charge in [-0.15, -0.1) is 0 Å². The Morgan fingerprint density at radius 3 is 2.56 bits per heavy atom. The van der Waals surface area contributed by atoms with E-state index in [1.807, 2.05) is 73.7 Å². The average molecular weight is 355 g/mol. The van der Waals surface area contributed by atoms with Gasteiger partial charge in [-0.1, -0.05) is 43.3 Å². The third-order valence-corrected chi connectivity index (χ3v) is 4.77. The predicted molar refractivity (Wildman–Crippen MR) is 110 cm³/mol. The molecule has 0 fully saturated rings. The molecule has 0 aliphatic heterocycles. The smallest absolute Gasteiger partial charge is 0.255 e. The number of rotatable bonds is 4. The molecule has 0 bridgehead atoms. The van der Waals surface area contributed by atoms with Crippen LogP contribution in [0.15, 0.2) is 66.7 Å². The van der Waals surface area contributed by atoms with Crippen LogP contribution in [0.25, 0.3) is 22.4 Å². The van der Waals surface area contributed by atoms with Gasteiger partial charge in [0, 0.05) is 16.8 Å². The van der Waals surface area contributed by atoms with Crippen LogP contribution in [0.3, 0.4) is 0 Å². The molecule has 0 aliphatic carbocycles. The molecule has 0 unspecified atom stereocenters. The Balaban J connectivity index is 1.62. The van der Waals surface area contributed by atoms with Gasteiger partial charge in [0.05, 0.1) is 11.0 Å². The highest BCUT2D eigenvalue weighted by atomic mass is 16.1. The maximum Gasteiger partial charge on any atom is 0.255 e. The van der Waals surface area contributed by atoms with Crippen LogP contribution < -0.4 is 5.32 Å². The number of amides is 1. The fourth-order valence-electron chi connectivity index (χ4n) is 3.08. The molecule has 4 rings (SSSR count). The zero-order chi connectivity index (χ0) is 18.8. The molecule has 0 spiro atoms. The van der Waals surface area contributed by atoms with Gasteiger partial charge in [0.2, 0.25) is 0 Å². The minimum atomic E-state index is -0.109. The molecule has 1 heterocycles. The maximum absolute atomic E-state index is 12.6. The van der Waals surface area contributed by atoms with Gasteiger partial charge in [0.1, 0.15) is 5.82 Å². The number of fused-ring (bicyclic) bond motifs is 1. The minimum absolute atomic E-state index is 0.109. The van der Waals surface area contributed by atoms with E-state index in [1.165, 1.54) is 5.56 Å². The number of aryl methyl sites for hydroxylation is 2. The van der Waals surface area contributed by atoms with Crippen molar-refractivity contribution in [3.05, 3.63) is 83.4 Å². The molecule has 134 valence electrons. The maximum atomic E-state index is 12.6. The lowest BCUT2D eigenvalue weighted by molar-refractivity contribution is 0.102. The number of imidazole rings is 1. The third-order valence-electron chi connectivity index (χ3n) is 4.77. The summed E-state index contributed by atoms with van der Waals surface area (Å²) in [6.07, 6.45) is 0.959. The number of carbonyl (C=O) groups is 1. The van der Waals surface area contributed by atoms with E-state index in [0.717, 1.165) is 40.1 Å². The van der Waals surface area contributed by atoms with Crippen LogP contribution in [0.5, 0.6) is 0 Å². The van der Waals surface area contributed by atoms with Crippen molar-refractivity contribution in [2.45, 2.75) is 20.3 Å². The predicted octanol–water partition coefficient (Wildman–Crippen LogP) is 5.35. The number of benzene rings is 3. The summed E-state index contributed by atoms with van der Waals surface area (Å²) in [6.45, 7) is 4.08. The van der Waals surface area contributed by atoms with Crippen LogP contribution in [-0.4, -0.2) is 15.9 Å². The number of carbonyl (C=O) groups excluding carboxylic acids is 1. The van der Waals surface area contributed by atoms with Crippen LogP contribution in [0.2, 0.25) is 0 Å². The first-order chi connectivity index (χ1) is 13.1. The number of hydrogen-bond donors (Lipinski definition) is 2. The minimum Gasteiger partial charge on any atom is -0.338 e. The van der Waals surface area contributed by atoms with Gasteiger partial charge < -0.3 is 10.3 Å². The average Bonchev–Trinajstić information content (AvgIpc) is 3.14. The number of hydrogen-bond acceptors (Lipinski definition) is 2. The van der Waals surface area contributed by atoms with E-state index in [0.29, 0.717) is 5.56 Å². The third kappa shape index (κ3) is 3.47. The molecule has 2 N–H and O–H groups in total. The van der Waals surface area contributed by atoms with Gasteiger partial charge >= 0.3 is 0 Å². The van der Waals surface area contributed by atoms with Gasteiger partial charge in [0.25, 0.3) is 5.91 Å². The molecule has 4 nitrogen and oxygen atoms in total. The molecule has 1 amide bonds. The Bertz CT molecular complexity index is 1080. The summed E-state index contributed by atoms with van der Waals surface area (Å²) in [5, 5.41) is 3.03. The van der Waals surface area contributed by atoms with Crippen molar-refractivity contribution in [2.24, 2.45) is 0 Å². The number of H-pyrrole nitrogens is 1. The van der Waals surface area contributed by atoms with E-state index in [-0.39, 0.29) is 5.91 Å². The standard InChI is InChI=1S/C23H21N3O/c1-3-16-9-12-17(13-10-16)23(27)26-21-14-18(11-8-15(21)2)22-24-19-6-4-5-7-20(19)25-22/h4-14H,3H2,1-2H3,(H,24,25)(H,26,27). The van der Waals surface area contributed by atoms with Crippen molar-refractivity contribution in [3.63, 3.8) is 0 Å². The molecule has 4 heteroatoms. The summed E-state index contributed by atoms with van der Waals surface area (Å²) >= 11 is 0. The van der Waals surface area contributed by atoms with Crippen LogP contribution >= 0.6 is 0 Å². The zero-order valence-corrected chi connectivity index (χ0v) is 15.4. The molecule has 27 heavy (non-hydrogen) atoms. The molecule has 3 aromatic carbocycles. The highest BCUT2D eigenvalue weighted by Gasteiger charge is 2.11. The molecular formula is C23H21N3O. The SMILES string of the molecule is CCc1ccc(C(=O)Nc2cc(-c3nc4ccccc4[nH]3)ccc2C)cc1. The van der Waals surface area contributed by atoms with Crippen molar-refractivity contribution in [3.8, 4) is 11.4 Å². The lowest BCUT2D eigenvalue weighted by Crippen LogP contribution is -2.12. The van der Waals surface area contributed by atoms with E-state index in [9.17, 15) is 4.79 Å². The van der Waals surface area contributed by atoms with Gasteiger partial charge in [-0.25, -0.2) is 4.98 Å². The Kier molecular flexibility index (Phi) is 4.47. The van der Waals surface area contributed by atoms with Crippen LogP contribution in [0.1, 0.15) is 28.4 Å². The summed E-state index contributed by atoms with van der Waals surface area (Å²) in [6, 6.07) is 21.6. The van der Waals surface area contributed by atoms with E-state index in [1.54, 1.807) is 0 Å². The van der Waals surface area contributed by atoms with Gasteiger partial charge in [-0.05, 0) is 54.8 Å². The van der Waals surface area contributed by atoms with Crippen molar-refractivity contribution in [1.29, 1.82) is 0 Å². The highest BCUT2D eigenvalue weighted by Crippen LogP contribution is 2.26. The number of nitrogens with zero attached hydrogens (tertiary/aromatic N) is 1. The van der Waals surface area contributed by atoms with E-state index >= 15 is 0 Å². The first-order valence-corrected chi connectivity index (χ1v) is 9.10. The normalized spacial score (nSPS) is 10.9. The summed E-state index contributed by atoms with van der Waals surface area (Å²) in [4.78, 5) is 20.6. The molecule has 0 atom stereocenters. The van der Waals surface area contributed by atoms with Crippen molar-refractivity contribution in [2.75, 3.05) is 5.32 Å². The quantitative estimate of drug-likeness (QED) is 0.518. The summed E-state index contributed by atoms with van der Waals surface area (Å²) in [5.74, 6) is 0.682. The molecule has 0 aliphatic rings. The second-order valence-electron chi connectivity index (χ2n) is 6.64. The monoisotopic (exact) mass is 355 g/mol. The first-order valence-electron chi connectivity index (χ1n) is 9.10. The topological polar surface area (TPSA) is 57.8 Å². The second-order valence-corrected chi connectivity index (χ2v) is 6.64. The summed E-state index contributed by atoms with van der Waals surface area (Å²) in [7, 11) is 0. The highest BCUT2D eigenvalue weighted by molar-refractivity contribution is 6.05. The zero-order valence-electron chi connectivity index (χ0n) is 15.4. The summed E-state index contributed by atoms with van der Waals surface area (Å²) in [5.41, 5.74) is 6.53. The first kappa shape index (κ1) is 17.0. The lowest BCUT2D eigenvalue weighted by atomic mass is 10.1. The molecular weight excluding hydrogens is 334 g/mol.